The molecule has 152 valence electrons. The van der Waals surface area contributed by atoms with Crippen molar-refractivity contribution in [3.8, 4) is 5.75 Å². The number of rotatable bonds is 3. The van der Waals surface area contributed by atoms with Crippen LogP contribution in [0.5, 0.6) is 5.75 Å². The predicted octanol–water partition coefficient (Wildman–Crippen LogP) is 3.50. The molecule has 6 heteroatoms. The summed E-state index contributed by atoms with van der Waals surface area (Å²) >= 11 is 0. The van der Waals surface area contributed by atoms with Gasteiger partial charge in [-0.25, -0.2) is 4.39 Å². The zero-order valence-electron chi connectivity index (χ0n) is 16.5. The second kappa shape index (κ2) is 7.85. The molecule has 1 spiro atoms. The number of carbonyl (C=O) groups excluding carboxylic acids is 2. The van der Waals surface area contributed by atoms with Gasteiger partial charge < -0.3 is 15.0 Å². The molecular formula is C23H25FN2O3. The third kappa shape index (κ3) is 3.84. The lowest BCUT2D eigenvalue weighted by Gasteiger charge is -2.47. The first-order valence-corrected chi connectivity index (χ1v) is 10.0. The summed E-state index contributed by atoms with van der Waals surface area (Å²) in [6.07, 6.45) is 2.47. The van der Waals surface area contributed by atoms with E-state index in [1.807, 2.05) is 24.3 Å². The summed E-state index contributed by atoms with van der Waals surface area (Å²) in [5, 5.41) is 2.71. The number of likely N-dealkylation sites (tertiary alicyclic amines) is 1. The normalized spacial score (nSPS) is 19.9. The average Bonchev–Trinajstić information content (AvgIpc) is 2.74. The molecule has 1 N–H and O–H groups in total. The van der Waals surface area contributed by atoms with E-state index in [2.05, 4.69) is 5.32 Å². The Labute approximate surface area is 169 Å². The van der Waals surface area contributed by atoms with Gasteiger partial charge >= 0.3 is 0 Å². The van der Waals surface area contributed by atoms with Crippen molar-refractivity contribution in [3.63, 3.8) is 0 Å². The number of amides is 2. The summed E-state index contributed by atoms with van der Waals surface area (Å²) in [6, 6.07) is 14.0. The minimum atomic E-state index is -0.494. The highest BCUT2D eigenvalue weighted by Gasteiger charge is 2.44. The fourth-order valence-corrected chi connectivity index (χ4v) is 4.48. The number of piperidine rings is 1. The van der Waals surface area contributed by atoms with Crippen LogP contribution in [0.2, 0.25) is 0 Å². The number of benzene rings is 2. The second-order valence-corrected chi connectivity index (χ2v) is 7.87. The van der Waals surface area contributed by atoms with Crippen LogP contribution in [0.3, 0.4) is 0 Å². The van der Waals surface area contributed by atoms with Gasteiger partial charge in [0.15, 0.2) is 0 Å². The number of halogens is 1. The first-order chi connectivity index (χ1) is 14.0. The van der Waals surface area contributed by atoms with Crippen LogP contribution in [0.1, 0.15) is 47.5 Å². The highest BCUT2D eigenvalue weighted by atomic mass is 19.1. The van der Waals surface area contributed by atoms with Crippen molar-refractivity contribution in [1.29, 1.82) is 0 Å². The summed E-state index contributed by atoms with van der Waals surface area (Å²) in [4.78, 5) is 26.5. The summed E-state index contributed by atoms with van der Waals surface area (Å²) < 4.78 is 20.4. The smallest absolute Gasteiger partial charge is 0.256 e. The first-order valence-electron chi connectivity index (χ1n) is 10.0. The van der Waals surface area contributed by atoms with Gasteiger partial charge in [0.25, 0.3) is 5.91 Å². The quantitative estimate of drug-likeness (QED) is 0.864. The number of fused-ring (bicyclic) bond motifs is 1. The molecule has 1 atom stereocenters. The fourth-order valence-electron chi connectivity index (χ4n) is 4.48. The molecule has 0 aromatic heterocycles. The number of hydrogen-bond donors (Lipinski definition) is 1. The highest BCUT2D eigenvalue weighted by molar-refractivity contribution is 5.94. The molecule has 4 rings (SSSR count). The molecule has 29 heavy (non-hydrogen) atoms. The molecule has 0 bridgehead atoms. The largest absolute Gasteiger partial charge is 0.487 e. The molecule has 0 saturated carbocycles. The number of nitrogens with zero attached hydrogens (tertiary/aromatic N) is 1. The Kier molecular flexibility index (Phi) is 5.26. The van der Waals surface area contributed by atoms with Crippen molar-refractivity contribution in [2.45, 2.75) is 37.2 Å². The lowest BCUT2D eigenvalue weighted by molar-refractivity contribution is -0.121. The van der Waals surface area contributed by atoms with Crippen molar-refractivity contribution in [2.24, 2.45) is 0 Å². The Hall–Kier alpha value is -2.89. The number of carbonyl (C=O) groups is 2. The molecule has 2 heterocycles. The van der Waals surface area contributed by atoms with Crippen LogP contribution in [0.15, 0.2) is 48.5 Å². The Morgan fingerprint density at radius 2 is 1.83 bits per heavy atom. The summed E-state index contributed by atoms with van der Waals surface area (Å²) in [5.41, 5.74) is 0.765. The second-order valence-electron chi connectivity index (χ2n) is 7.87. The molecule has 2 amide bonds. The van der Waals surface area contributed by atoms with Crippen molar-refractivity contribution in [1.82, 2.24) is 10.2 Å². The molecule has 2 aromatic carbocycles. The van der Waals surface area contributed by atoms with Crippen LogP contribution >= 0.6 is 0 Å². The number of ether oxygens (including phenoxy) is 1. The third-order valence-electron chi connectivity index (χ3n) is 6.08. The van der Waals surface area contributed by atoms with Gasteiger partial charge in [-0.1, -0.05) is 30.3 Å². The molecular weight excluding hydrogens is 371 g/mol. The molecule has 5 nitrogen and oxygen atoms in total. The topological polar surface area (TPSA) is 58.6 Å². The van der Waals surface area contributed by atoms with E-state index < -0.39 is 11.4 Å². The molecule has 0 aliphatic carbocycles. The van der Waals surface area contributed by atoms with Crippen LogP contribution in [0.25, 0.3) is 0 Å². The van der Waals surface area contributed by atoms with E-state index >= 15 is 0 Å². The van der Waals surface area contributed by atoms with E-state index in [9.17, 15) is 14.0 Å². The van der Waals surface area contributed by atoms with Crippen molar-refractivity contribution < 1.29 is 18.7 Å². The van der Waals surface area contributed by atoms with E-state index in [1.54, 1.807) is 24.1 Å². The Morgan fingerprint density at radius 1 is 1.14 bits per heavy atom. The third-order valence-corrected chi connectivity index (χ3v) is 6.08. The molecule has 1 unspecified atom stereocenters. The van der Waals surface area contributed by atoms with Gasteiger partial charge in [0.1, 0.15) is 17.2 Å². The minimum absolute atomic E-state index is 0.00835. The first kappa shape index (κ1) is 19.4. The van der Waals surface area contributed by atoms with Gasteiger partial charge in [0.2, 0.25) is 5.91 Å². The van der Waals surface area contributed by atoms with Crippen molar-refractivity contribution in [3.05, 3.63) is 65.5 Å². The molecule has 2 aromatic rings. The minimum Gasteiger partial charge on any atom is -0.487 e. The van der Waals surface area contributed by atoms with Crippen LogP contribution in [0, 0.1) is 5.82 Å². The molecule has 2 aliphatic rings. The van der Waals surface area contributed by atoms with Gasteiger partial charge in [0.05, 0.1) is 5.56 Å². The maximum atomic E-state index is 14.0. The molecule has 2 aliphatic heterocycles. The Morgan fingerprint density at radius 3 is 2.55 bits per heavy atom. The summed E-state index contributed by atoms with van der Waals surface area (Å²) in [5.74, 6) is 0.131. The Balaban J connectivity index is 1.51. The van der Waals surface area contributed by atoms with Gasteiger partial charge in [0, 0.05) is 45.3 Å². The van der Waals surface area contributed by atoms with E-state index in [0.717, 1.165) is 17.7 Å². The number of hydrogen-bond acceptors (Lipinski definition) is 3. The van der Waals surface area contributed by atoms with E-state index in [-0.39, 0.29) is 23.3 Å². The van der Waals surface area contributed by atoms with Crippen molar-refractivity contribution >= 4 is 11.8 Å². The van der Waals surface area contributed by atoms with Gasteiger partial charge in [-0.15, -0.1) is 0 Å². The predicted molar refractivity (Wildman–Crippen MR) is 107 cm³/mol. The highest BCUT2D eigenvalue weighted by Crippen LogP contribution is 2.46. The summed E-state index contributed by atoms with van der Waals surface area (Å²) in [7, 11) is 1.65. The zero-order valence-corrected chi connectivity index (χ0v) is 16.5. The zero-order chi connectivity index (χ0) is 20.4. The lowest BCUT2D eigenvalue weighted by Crippen LogP contribution is -2.52. The summed E-state index contributed by atoms with van der Waals surface area (Å²) in [6.45, 7) is 1.00. The Bertz CT molecular complexity index is 922. The maximum absolute atomic E-state index is 14.0. The molecule has 1 fully saturated rings. The van der Waals surface area contributed by atoms with Crippen LogP contribution in [-0.4, -0.2) is 42.5 Å². The van der Waals surface area contributed by atoms with Crippen LogP contribution < -0.4 is 10.1 Å². The fraction of sp³-hybridized carbons (Fsp3) is 0.391. The van der Waals surface area contributed by atoms with Gasteiger partial charge in [-0.05, 0) is 30.2 Å². The van der Waals surface area contributed by atoms with Crippen LogP contribution in [-0.2, 0) is 4.79 Å². The van der Waals surface area contributed by atoms with Gasteiger partial charge in [-0.3, -0.25) is 9.59 Å². The van der Waals surface area contributed by atoms with Crippen molar-refractivity contribution in [2.75, 3.05) is 20.1 Å². The molecule has 0 radical (unpaired) electrons. The molecule has 1 saturated heterocycles. The van der Waals surface area contributed by atoms with E-state index in [1.165, 1.54) is 12.1 Å². The van der Waals surface area contributed by atoms with E-state index in [0.29, 0.717) is 32.4 Å². The number of para-hydroxylation sites is 1. The SMILES string of the molecule is CNC(=O)CC1CC2(CCN(C(=O)c3ccccc3F)CC2)Oc2ccccc21. The maximum Gasteiger partial charge on any atom is 0.256 e. The monoisotopic (exact) mass is 396 g/mol. The average molecular weight is 396 g/mol. The standard InChI is InChI=1S/C23H25FN2O3/c1-25-21(27)14-16-15-23(29-20-9-5-3-6-17(16)20)10-12-26(13-11-23)22(28)18-7-2-4-8-19(18)24/h2-9,16H,10-15H2,1H3,(H,25,27). The lowest BCUT2D eigenvalue weighted by atomic mass is 9.76. The van der Waals surface area contributed by atoms with Gasteiger partial charge in [-0.2, -0.15) is 0 Å². The van der Waals surface area contributed by atoms with E-state index in [4.69, 9.17) is 4.74 Å². The number of nitrogens with one attached hydrogen (secondary N) is 1. The van der Waals surface area contributed by atoms with Crippen LogP contribution in [0.4, 0.5) is 4.39 Å².